The number of esters is 1. The summed E-state index contributed by atoms with van der Waals surface area (Å²) in [7, 11) is 2.96. The number of benzene rings is 1. The Balaban J connectivity index is 2.14. The van der Waals surface area contributed by atoms with Crippen LogP contribution in [0.25, 0.3) is 6.08 Å². The summed E-state index contributed by atoms with van der Waals surface area (Å²) < 4.78 is 15.6. The standard InChI is InChI=1S/C17H20N2O6/c1-4-5-11-8-12(9-13(23-2)15(11)24-3)16(21)25-10-14(20)19-7-6-18-17(19)22/h4-5,8-9H,6-7,10H2,1-3H3,(H,18,22). The summed E-state index contributed by atoms with van der Waals surface area (Å²) in [6.45, 7) is 1.97. The minimum atomic E-state index is -0.695. The van der Waals surface area contributed by atoms with E-state index in [-0.39, 0.29) is 12.1 Å². The van der Waals surface area contributed by atoms with Crippen molar-refractivity contribution < 1.29 is 28.6 Å². The first-order chi connectivity index (χ1) is 12.0. The molecule has 0 saturated carbocycles. The van der Waals surface area contributed by atoms with Crippen molar-refractivity contribution in [2.75, 3.05) is 33.9 Å². The Hall–Kier alpha value is -3.03. The summed E-state index contributed by atoms with van der Waals surface area (Å²) in [5.74, 6) is -0.408. The number of methoxy groups -OCH3 is 2. The predicted molar refractivity (Wildman–Crippen MR) is 89.6 cm³/mol. The highest BCUT2D eigenvalue weighted by molar-refractivity contribution is 5.98. The van der Waals surface area contributed by atoms with Crippen LogP contribution in [0.2, 0.25) is 0 Å². The van der Waals surface area contributed by atoms with E-state index in [1.807, 2.05) is 6.92 Å². The van der Waals surface area contributed by atoms with Crippen molar-refractivity contribution >= 4 is 24.0 Å². The van der Waals surface area contributed by atoms with E-state index in [0.717, 1.165) is 4.90 Å². The quantitative estimate of drug-likeness (QED) is 0.782. The van der Waals surface area contributed by atoms with Gasteiger partial charge in [0, 0.05) is 18.7 Å². The molecule has 8 heteroatoms. The maximum atomic E-state index is 12.3. The van der Waals surface area contributed by atoms with Gasteiger partial charge in [0.05, 0.1) is 19.8 Å². The molecule has 134 valence electrons. The van der Waals surface area contributed by atoms with Crippen LogP contribution < -0.4 is 14.8 Å². The molecule has 0 aliphatic carbocycles. The van der Waals surface area contributed by atoms with Gasteiger partial charge < -0.3 is 19.5 Å². The fraction of sp³-hybridized carbons (Fsp3) is 0.353. The first kappa shape index (κ1) is 18.3. The van der Waals surface area contributed by atoms with Gasteiger partial charge in [-0.2, -0.15) is 0 Å². The van der Waals surface area contributed by atoms with E-state index in [0.29, 0.717) is 23.6 Å². The fourth-order valence-corrected chi connectivity index (χ4v) is 2.41. The first-order valence-electron chi connectivity index (χ1n) is 7.65. The summed E-state index contributed by atoms with van der Waals surface area (Å²) >= 11 is 0. The van der Waals surface area contributed by atoms with Gasteiger partial charge in [-0.15, -0.1) is 0 Å². The van der Waals surface area contributed by atoms with E-state index in [4.69, 9.17) is 14.2 Å². The van der Waals surface area contributed by atoms with Gasteiger partial charge in [0.2, 0.25) is 0 Å². The third kappa shape index (κ3) is 4.09. The van der Waals surface area contributed by atoms with Gasteiger partial charge in [-0.25, -0.2) is 9.59 Å². The van der Waals surface area contributed by atoms with Gasteiger partial charge in [0.15, 0.2) is 18.1 Å². The van der Waals surface area contributed by atoms with Crippen molar-refractivity contribution in [2.45, 2.75) is 6.92 Å². The van der Waals surface area contributed by atoms with Crippen LogP contribution in [0, 0.1) is 0 Å². The number of amides is 3. The third-order valence-corrected chi connectivity index (χ3v) is 3.57. The van der Waals surface area contributed by atoms with Gasteiger partial charge in [0.25, 0.3) is 5.91 Å². The molecule has 1 fully saturated rings. The molecule has 0 bridgehead atoms. The first-order valence-corrected chi connectivity index (χ1v) is 7.65. The van der Waals surface area contributed by atoms with Gasteiger partial charge >= 0.3 is 12.0 Å². The number of carbonyl (C=O) groups excluding carboxylic acids is 3. The predicted octanol–water partition coefficient (Wildman–Crippen LogP) is 1.45. The maximum Gasteiger partial charge on any atom is 0.338 e. The van der Waals surface area contributed by atoms with Crippen LogP contribution in [0.1, 0.15) is 22.8 Å². The average Bonchev–Trinajstić information content (AvgIpc) is 3.04. The number of rotatable bonds is 6. The zero-order valence-electron chi connectivity index (χ0n) is 14.3. The number of hydrogen-bond acceptors (Lipinski definition) is 6. The molecule has 1 aliphatic heterocycles. The van der Waals surface area contributed by atoms with E-state index < -0.39 is 24.5 Å². The monoisotopic (exact) mass is 348 g/mol. The number of allylic oxidation sites excluding steroid dienone is 1. The number of nitrogens with zero attached hydrogens (tertiary/aromatic N) is 1. The van der Waals surface area contributed by atoms with Crippen LogP contribution in [-0.4, -0.2) is 56.7 Å². The Kier molecular flexibility index (Phi) is 5.99. The molecule has 1 aromatic rings. The smallest absolute Gasteiger partial charge is 0.338 e. The van der Waals surface area contributed by atoms with Crippen LogP contribution >= 0.6 is 0 Å². The second-order valence-corrected chi connectivity index (χ2v) is 5.15. The van der Waals surface area contributed by atoms with Crippen LogP contribution in [0.4, 0.5) is 4.79 Å². The van der Waals surface area contributed by atoms with Crippen LogP contribution in [0.3, 0.4) is 0 Å². The molecule has 3 amide bonds. The van der Waals surface area contributed by atoms with Crippen LogP contribution in [0.5, 0.6) is 11.5 Å². The van der Waals surface area contributed by atoms with Gasteiger partial charge in [-0.1, -0.05) is 12.2 Å². The van der Waals surface area contributed by atoms with Crippen molar-refractivity contribution in [1.82, 2.24) is 10.2 Å². The Bertz CT molecular complexity index is 713. The normalized spacial score (nSPS) is 13.7. The Morgan fingerprint density at radius 2 is 2.04 bits per heavy atom. The number of imide groups is 1. The summed E-state index contributed by atoms with van der Waals surface area (Å²) in [5, 5.41) is 2.51. The van der Waals surface area contributed by atoms with E-state index in [2.05, 4.69) is 5.32 Å². The zero-order valence-corrected chi connectivity index (χ0v) is 14.3. The van der Waals surface area contributed by atoms with E-state index in [1.165, 1.54) is 20.3 Å². The summed E-state index contributed by atoms with van der Waals surface area (Å²) in [6.07, 6.45) is 3.56. The van der Waals surface area contributed by atoms with Gasteiger partial charge in [-0.05, 0) is 19.1 Å². The van der Waals surface area contributed by atoms with Crippen molar-refractivity contribution in [2.24, 2.45) is 0 Å². The Labute approximate surface area is 145 Å². The molecule has 0 aromatic heterocycles. The number of hydrogen-bond donors (Lipinski definition) is 1. The minimum absolute atomic E-state index is 0.212. The Morgan fingerprint density at radius 3 is 2.60 bits per heavy atom. The average molecular weight is 348 g/mol. The molecule has 25 heavy (non-hydrogen) atoms. The summed E-state index contributed by atoms with van der Waals surface area (Å²) in [5.41, 5.74) is 0.853. The van der Waals surface area contributed by atoms with Gasteiger partial charge in [0.1, 0.15) is 0 Å². The summed E-state index contributed by atoms with van der Waals surface area (Å²) in [4.78, 5) is 36.6. The molecule has 8 nitrogen and oxygen atoms in total. The third-order valence-electron chi connectivity index (χ3n) is 3.57. The van der Waals surface area contributed by atoms with Crippen LogP contribution in [-0.2, 0) is 9.53 Å². The zero-order chi connectivity index (χ0) is 18.4. The number of ether oxygens (including phenoxy) is 3. The molecule has 1 saturated heterocycles. The topological polar surface area (TPSA) is 94.2 Å². The molecular weight excluding hydrogens is 328 g/mol. The largest absolute Gasteiger partial charge is 0.493 e. The van der Waals surface area contributed by atoms with Crippen LogP contribution in [0.15, 0.2) is 18.2 Å². The fourth-order valence-electron chi connectivity index (χ4n) is 2.41. The second kappa shape index (κ2) is 8.18. The molecule has 1 N–H and O–H groups in total. The molecule has 1 heterocycles. The summed E-state index contributed by atoms with van der Waals surface area (Å²) in [6, 6.07) is 2.57. The Morgan fingerprint density at radius 1 is 1.28 bits per heavy atom. The van der Waals surface area contributed by atoms with E-state index >= 15 is 0 Å². The maximum absolute atomic E-state index is 12.3. The lowest BCUT2D eigenvalue weighted by Crippen LogP contribution is -2.37. The SMILES string of the molecule is CC=Cc1cc(C(=O)OCC(=O)N2CCNC2=O)cc(OC)c1OC. The number of nitrogens with one attached hydrogen (secondary N) is 1. The van der Waals surface area contributed by atoms with Crippen molar-refractivity contribution in [3.63, 3.8) is 0 Å². The molecule has 1 aliphatic rings. The molecule has 0 spiro atoms. The minimum Gasteiger partial charge on any atom is -0.493 e. The molecule has 1 aromatic carbocycles. The van der Waals surface area contributed by atoms with E-state index in [1.54, 1.807) is 18.2 Å². The molecule has 0 radical (unpaired) electrons. The van der Waals surface area contributed by atoms with Gasteiger partial charge in [-0.3, -0.25) is 9.69 Å². The highest BCUT2D eigenvalue weighted by Crippen LogP contribution is 2.33. The van der Waals surface area contributed by atoms with Crippen molar-refractivity contribution in [1.29, 1.82) is 0 Å². The van der Waals surface area contributed by atoms with E-state index in [9.17, 15) is 14.4 Å². The number of urea groups is 1. The molecule has 0 unspecified atom stereocenters. The second-order valence-electron chi connectivity index (χ2n) is 5.15. The van der Waals surface area contributed by atoms with Crippen molar-refractivity contribution in [3.8, 4) is 11.5 Å². The lowest BCUT2D eigenvalue weighted by molar-refractivity contribution is -0.130. The highest BCUT2D eigenvalue weighted by Gasteiger charge is 2.27. The lowest BCUT2D eigenvalue weighted by Gasteiger charge is -2.14. The highest BCUT2D eigenvalue weighted by atomic mass is 16.5. The molecular formula is C17H20N2O6. The lowest BCUT2D eigenvalue weighted by atomic mass is 10.1. The van der Waals surface area contributed by atoms with Crippen molar-refractivity contribution in [3.05, 3.63) is 29.3 Å². The molecule has 2 rings (SSSR count). The number of carbonyl (C=O) groups is 3. The molecule has 0 atom stereocenters.